The number of carbonyl (C=O) groups excluding carboxylic acids is 1. The Morgan fingerprint density at radius 3 is 3.05 bits per heavy atom. The molecule has 7 heteroatoms. The van der Waals surface area contributed by atoms with Crippen LogP contribution in [0.3, 0.4) is 0 Å². The van der Waals surface area contributed by atoms with E-state index in [-0.39, 0.29) is 12.6 Å². The van der Waals surface area contributed by atoms with E-state index in [1.54, 1.807) is 18.4 Å². The van der Waals surface area contributed by atoms with Crippen LogP contribution in [0.2, 0.25) is 0 Å². The van der Waals surface area contributed by atoms with Crippen LogP contribution in [0.15, 0.2) is 16.8 Å². The fraction of sp³-hybridized carbons (Fsp3) is 0.500. The van der Waals surface area contributed by atoms with Crippen LogP contribution in [0.4, 0.5) is 4.79 Å². The Bertz CT molecular complexity index is 449. The van der Waals surface area contributed by atoms with E-state index >= 15 is 0 Å². The van der Waals surface area contributed by atoms with Gasteiger partial charge in [0, 0.05) is 20.1 Å². The zero-order valence-corrected chi connectivity index (χ0v) is 11.4. The Balaban J connectivity index is 2.02. The first-order valence-electron chi connectivity index (χ1n) is 5.93. The Morgan fingerprint density at radius 2 is 2.42 bits per heavy atom. The number of carboxylic acids is 1. The third kappa shape index (κ3) is 3.24. The minimum Gasteiger partial charge on any atom is -0.480 e. The Labute approximate surface area is 115 Å². The van der Waals surface area contributed by atoms with Crippen molar-refractivity contribution in [2.75, 3.05) is 26.8 Å². The third-order valence-electron chi connectivity index (χ3n) is 2.99. The van der Waals surface area contributed by atoms with Crippen molar-refractivity contribution in [3.8, 4) is 0 Å². The average molecular weight is 284 g/mol. The molecule has 2 rings (SSSR count). The van der Waals surface area contributed by atoms with Gasteiger partial charge in [-0.15, -0.1) is 0 Å². The van der Waals surface area contributed by atoms with Crippen molar-refractivity contribution < 1.29 is 19.4 Å². The van der Waals surface area contributed by atoms with E-state index in [0.717, 1.165) is 5.56 Å². The second kappa shape index (κ2) is 6.03. The van der Waals surface area contributed by atoms with Gasteiger partial charge in [-0.2, -0.15) is 11.3 Å². The number of thiophene rings is 1. The van der Waals surface area contributed by atoms with Gasteiger partial charge >= 0.3 is 12.0 Å². The van der Waals surface area contributed by atoms with Crippen molar-refractivity contribution in [1.29, 1.82) is 0 Å². The SMILES string of the molecule is CN(Cc1ccsc1)C(=O)N1CCOCC1C(=O)O. The maximum absolute atomic E-state index is 12.3. The van der Waals surface area contributed by atoms with E-state index in [0.29, 0.717) is 19.7 Å². The molecule has 1 aromatic heterocycles. The summed E-state index contributed by atoms with van der Waals surface area (Å²) in [4.78, 5) is 26.3. The van der Waals surface area contributed by atoms with Crippen LogP contribution < -0.4 is 0 Å². The molecule has 1 atom stereocenters. The normalized spacial score (nSPS) is 19.2. The fourth-order valence-electron chi connectivity index (χ4n) is 1.98. The molecule has 6 nitrogen and oxygen atoms in total. The summed E-state index contributed by atoms with van der Waals surface area (Å²) < 4.78 is 5.12. The van der Waals surface area contributed by atoms with E-state index in [2.05, 4.69) is 0 Å². The van der Waals surface area contributed by atoms with E-state index < -0.39 is 12.0 Å². The van der Waals surface area contributed by atoms with Crippen molar-refractivity contribution in [2.45, 2.75) is 12.6 Å². The van der Waals surface area contributed by atoms with Crippen molar-refractivity contribution in [3.05, 3.63) is 22.4 Å². The largest absolute Gasteiger partial charge is 0.480 e. The van der Waals surface area contributed by atoms with Gasteiger partial charge in [0.05, 0.1) is 13.2 Å². The van der Waals surface area contributed by atoms with Crippen LogP contribution in [-0.4, -0.2) is 59.8 Å². The molecule has 19 heavy (non-hydrogen) atoms. The quantitative estimate of drug-likeness (QED) is 0.902. The van der Waals surface area contributed by atoms with Gasteiger partial charge < -0.3 is 19.6 Å². The molecular weight excluding hydrogens is 268 g/mol. The highest BCUT2D eigenvalue weighted by molar-refractivity contribution is 7.07. The number of carboxylic acid groups (broad SMARTS) is 1. The van der Waals surface area contributed by atoms with Crippen molar-refractivity contribution in [2.24, 2.45) is 0 Å². The number of morpholine rings is 1. The third-order valence-corrected chi connectivity index (χ3v) is 3.72. The summed E-state index contributed by atoms with van der Waals surface area (Å²) in [5.74, 6) is -1.03. The molecule has 1 aliphatic rings. The highest BCUT2D eigenvalue weighted by Crippen LogP contribution is 2.13. The van der Waals surface area contributed by atoms with Crippen LogP contribution in [0.1, 0.15) is 5.56 Å². The Kier molecular flexibility index (Phi) is 4.39. The van der Waals surface area contributed by atoms with E-state index in [1.165, 1.54) is 9.80 Å². The number of hydrogen-bond acceptors (Lipinski definition) is 4. The lowest BCUT2D eigenvalue weighted by atomic mass is 10.2. The van der Waals surface area contributed by atoms with Crippen LogP contribution in [0, 0.1) is 0 Å². The summed E-state index contributed by atoms with van der Waals surface area (Å²) in [5, 5.41) is 13.0. The average Bonchev–Trinajstić information content (AvgIpc) is 2.90. The van der Waals surface area contributed by atoms with E-state index in [9.17, 15) is 9.59 Å². The summed E-state index contributed by atoms with van der Waals surface area (Å²) in [6, 6.07) is 0.774. The lowest BCUT2D eigenvalue weighted by molar-refractivity contribution is -0.147. The van der Waals surface area contributed by atoms with Gasteiger partial charge in [0.2, 0.25) is 0 Å². The number of carbonyl (C=O) groups is 2. The fourth-order valence-corrected chi connectivity index (χ4v) is 2.64. The van der Waals surface area contributed by atoms with Gasteiger partial charge in [-0.25, -0.2) is 9.59 Å². The predicted molar refractivity (Wildman–Crippen MR) is 70.1 cm³/mol. The van der Waals surface area contributed by atoms with Gasteiger partial charge in [-0.3, -0.25) is 0 Å². The maximum Gasteiger partial charge on any atom is 0.328 e. The van der Waals surface area contributed by atoms with Gasteiger partial charge in [0.25, 0.3) is 0 Å². The molecule has 0 spiro atoms. The first-order chi connectivity index (χ1) is 9.09. The Morgan fingerprint density at radius 1 is 1.63 bits per heavy atom. The topological polar surface area (TPSA) is 70.1 Å². The second-order valence-electron chi connectivity index (χ2n) is 4.39. The smallest absolute Gasteiger partial charge is 0.328 e. The Hall–Kier alpha value is -1.60. The molecular formula is C12H16N2O4S. The van der Waals surface area contributed by atoms with Crippen molar-refractivity contribution in [1.82, 2.24) is 9.80 Å². The molecule has 0 saturated carbocycles. The molecule has 0 aromatic carbocycles. The molecule has 1 fully saturated rings. The summed E-state index contributed by atoms with van der Waals surface area (Å²) in [6.07, 6.45) is 0. The van der Waals surface area contributed by atoms with Crippen molar-refractivity contribution >= 4 is 23.3 Å². The van der Waals surface area contributed by atoms with Crippen molar-refractivity contribution in [3.63, 3.8) is 0 Å². The molecule has 1 N–H and O–H groups in total. The van der Waals surface area contributed by atoms with Gasteiger partial charge in [-0.1, -0.05) is 0 Å². The number of hydrogen-bond donors (Lipinski definition) is 1. The minimum atomic E-state index is -1.03. The first-order valence-corrected chi connectivity index (χ1v) is 6.87. The lowest BCUT2D eigenvalue weighted by Gasteiger charge is -2.35. The standard InChI is InChI=1S/C12H16N2O4S/c1-13(6-9-2-5-19-8-9)12(17)14-3-4-18-7-10(14)11(15)16/h2,5,8,10H,3-4,6-7H2,1H3,(H,15,16). The molecule has 104 valence electrons. The first kappa shape index (κ1) is 13.8. The number of nitrogens with zero attached hydrogens (tertiary/aromatic N) is 2. The molecule has 2 amide bonds. The van der Waals surface area contributed by atoms with Crippen LogP contribution in [0.5, 0.6) is 0 Å². The minimum absolute atomic E-state index is 0.0490. The molecule has 1 unspecified atom stereocenters. The summed E-state index contributed by atoms with van der Waals surface area (Å²) in [5.41, 5.74) is 1.04. The molecule has 0 aliphatic carbocycles. The molecule has 1 aliphatic heterocycles. The van der Waals surface area contributed by atoms with Gasteiger partial charge in [0.1, 0.15) is 0 Å². The zero-order chi connectivity index (χ0) is 13.8. The van der Waals surface area contributed by atoms with Crippen LogP contribution in [-0.2, 0) is 16.1 Å². The molecule has 0 radical (unpaired) electrons. The predicted octanol–water partition coefficient (Wildman–Crippen LogP) is 1.09. The second-order valence-corrected chi connectivity index (χ2v) is 5.17. The summed E-state index contributed by atoms with van der Waals surface area (Å²) in [7, 11) is 1.67. The molecule has 2 heterocycles. The van der Waals surface area contributed by atoms with Gasteiger partial charge in [-0.05, 0) is 22.4 Å². The number of aliphatic carboxylic acids is 1. The number of amides is 2. The lowest BCUT2D eigenvalue weighted by Crippen LogP contribution is -2.55. The number of ether oxygens (including phenoxy) is 1. The van der Waals surface area contributed by atoms with Gasteiger partial charge in [0.15, 0.2) is 6.04 Å². The maximum atomic E-state index is 12.3. The molecule has 1 aromatic rings. The van der Waals surface area contributed by atoms with Crippen LogP contribution >= 0.6 is 11.3 Å². The molecule has 0 bridgehead atoms. The van der Waals surface area contributed by atoms with E-state index in [4.69, 9.17) is 9.84 Å². The van der Waals surface area contributed by atoms with E-state index in [1.807, 2.05) is 16.8 Å². The van der Waals surface area contributed by atoms with Crippen LogP contribution in [0.25, 0.3) is 0 Å². The monoisotopic (exact) mass is 284 g/mol. The highest BCUT2D eigenvalue weighted by atomic mass is 32.1. The highest BCUT2D eigenvalue weighted by Gasteiger charge is 2.34. The molecule has 1 saturated heterocycles. The number of rotatable bonds is 3. The summed E-state index contributed by atoms with van der Waals surface area (Å²) >= 11 is 1.57. The zero-order valence-electron chi connectivity index (χ0n) is 10.6. The summed E-state index contributed by atoms with van der Waals surface area (Å²) in [6.45, 7) is 1.21. The number of urea groups is 1.